The van der Waals surface area contributed by atoms with Crippen LogP contribution in [0, 0.1) is 11.8 Å². The van der Waals surface area contributed by atoms with Crippen molar-refractivity contribution in [3.8, 4) is 11.8 Å². The van der Waals surface area contributed by atoms with E-state index in [9.17, 15) is 14.7 Å². The summed E-state index contributed by atoms with van der Waals surface area (Å²) >= 11 is 0. The third kappa shape index (κ3) is 7.98. The molecule has 5 heteroatoms. The topological polar surface area (TPSA) is 77.8 Å². The molecule has 0 spiro atoms. The van der Waals surface area contributed by atoms with E-state index < -0.39 is 12.1 Å². The molecular weight excluding hydrogens is 354 g/mol. The Morgan fingerprint density at radius 2 is 2.04 bits per heavy atom. The van der Waals surface area contributed by atoms with Gasteiger partial charge < -0.3 is 15.1 Å². The molecule has 1 aliphatic heterocycles. The number of amides is 1. The molecule has 150 valence electrons. The second-order valence-corrected chi connectivity index (χ2v) is 7.08. The maximum atomic E-state index is 12.5. The number of hydrogen-bond donors (Lipinski definition) is 2. The van der Waals surface area contributed by atoms with Gasteiger partial charge in [0.05, 0.1) is 18.7 Å². The van der Waals surface area contributed by atoms with Crippen LogP contribution in [0.25, 0.3) is 0 Å². The average molecular weight is 383 g/mol. The van der Waals surface area contributed by atoms with E-state index in [4.69, 9.17) is 5.11 Å². The predicted octanol–water partition coefficient (Wildman–Crippen LogP) is 3.18. The number of aliphatic carboxylic acids is 1. The lowest BCUT2D eigenvalue weighted by molar-refractivity contribution is -0.137. The van der Waals surface area contributed by atoms with Crippen molar-refractivity contribution in [2.45, 2.75) is 63.5 Å². The first-order chi connectivity index (χ1) is 13.6. The normalized spacial score (nSPS) is 18.4. The minimum atomic E-state index is -0.816. The van der Waals surface area contributed by atoms with Gasteiger partial charge in [-0.3, -0.25) is 9.59 Å². The van der Waals surface area contributed by atoms with Crippen molar-refractivity contribution in [3.63, 3.8) is 0 Å². The number of carbonyl (C=O) groups is 2. The first-order valence-corrected chi connectivity index (χ1v) is 9.93. The lowest BCUT2D eigenvalue weighted by Gasteiger charge is -2.26. The van der Waals surface area contributed by atoms with Gasteiger partial charge in [0.15, 0.2) is 0 Å². The summed E-state index contributed by atoms with van der Waals surface area (Å²) < 4.78 is 0. The maximum Gasteiger partial charge on any atom is 0.303 e. The SMILES string of the molecule is O=C(O)CCCC#CCN1C(=O)CCCCC1C=CC(O)Cc1ccccc1. The van der Waals surface area contributed by atoms with Gasteiger partial charge in [0, 0.05) is 25.7 Å². The van der Waals surface area contributed by atoms with Crippen LogP contribution in [-0.2, 0) is 16.0 Å². The molecule has 2 rings (SSSR count). The molecule has 2 unspecified atom stereocenters. The molecule has 0 radical (unpaired) electrons. The highest BCUT2D eigenvalue weighted by Crippen LogP contribution is 2.19. The number of rotatable bonds is 8. The van der Waals surface area contributed by atoms with E-state index in [-0.39, 0.29) is 18.4 Å². The smallest absolute Gasteiger partial charge is 0.303 e. The van der Waals surface area contributed by atoms with E-state index >= 15 is 0 Å². The van der Waals surface area contributed by atoms with Crippen LogP contribution < -0.4 is 0 Å². The Morgan fingerprint density at radius 1 is 1.25 bits per heavy atom. The van der Waals surface area contributed by atoms with Crippen LogP contribution >= 0.6 is 0 Å². The summed E-state index contributed by atoms with van der Waals surface area (Å²) in [6.45, 7) is 0.343. The van der Waals surface area contributed by atoms with Gasteiger partial charge in [-0.05, 0) is 24.8 Å². The zero-order valence-corrected chi connectivity index (χ0v) is 16.2. The van der Waals surface area contributed by atoms with Crippen molar-refractivity contribution >= 4 is 11.9 Å². The number of likely N-dealkylation sites (tertiary alicyclic amines) is 1. The van der Waals surface area contributed by atoms with Gasteiger partial charge in [0.1, 0.15) is 0 Å². The Bertz CT molecular complexity index is 717. The summed E-state index contributed by atoms with van der Waals surface area (Å²) in [4.78, 5) is 24.8. The summed E-state index contributed by atoms with van der Waals surface area (Å²) in [5, 5.41) is 18.9. The number of benzene rings is 1. The molecule has 1 fully saturated rings. The van der Waals surface area contributed by atoms with Crippen LogP contribution in [0.5, 0.6) is 0 Å². The summed E-state index contributed by atoms with van der Waals surface area (Å²) in [5.74, 6) is 5.25. The molecular formula is C23H29NO4. The molecule has 0 saturated carbocycles. The summed E-state index contributed by atoms with van der Waals surface area (Å²) in [7, 11) is 0. The fourth-order valence-corrected chi connectivity index (χ4v) is 3.26. The molecule has 1 aromatic rings. The third-order valence-corrected chi connectivity index (χ3v) is 4.77. The monoisotopic (exact) mass is 383 g/mol. The highest BCUT2D eigenvalue weighted by atomic mass is 16.4. The van der Waals surface area contributed by atoms with E-state index in [1.165, 1.54) is 0 Å². The molecule has 5 nitrogen and oxygen atoms in total. The Hall–Kier alpha value is -2.58. The Kier molecular flexibility index (Phi) is 9.30. The lowest BCUT2D eigenvalue weighted by Crippen LogP contribution is -2.38. The molecule has 1 heterocycles. The summed E-state index contributed by atoms with van der Waals surface area (Å²) in [5.41, 5.74) is 1.07. The molecule has 0 bridgehead atoms. The zero-order chi connectivity index (χ0) is 20.2. The summed E-state index contributed by atoms with van der Waals surface area (Å²) in [6.07, 6.45) is 8.05. The van der Waals surface area contributed by atoms with Crippen molar-refractivity contribution < 1.29 is 19.8 Å². The zero-order valence-electron chi connectivity index (χ0n) is 16.2. The van der Waals surface area contributed by atoms with Gasteiger partial charge in [-0.1, -0.05) is 54.8 Å². The molecule has 1 amide bonds. The molecule has 0 aliphatic carbocycles. The Morgan fingerprint density at radius 3 is 2.79 bits per heavy atom. The second-order valence-electron chi connectivity index (χ2n) is 7.08. The fraction of sp³-hybridized carbons (Fsp3) is 0.478. The van der Waals surface area contributed by atoms with Gasteiger partial charge in [-0.25, -0.2) is 0 Å². The van der Waals surface area contributed by atoms with Crippen LogP contribution in [0.4, 0.5) is 0 Å². The van der Waals surface area contributed by atoms with Crippen molar-refractivity contribution in [1.82, 2.24) is 4.90 Å². The van der Waals surface area contributed by atoms with Gasteiger partial charge in [0.2, 0.25) is 5.91 Å². The third-order valence-electron chi connectivity index (χ3n) is 4.77. The van der Waals surface area contributed by atoms with E-state index in [0.717, 1.165) is 24.8 Å². The minimum Gasteiger partial charge on any atom is -0.481 e. The number of aliphatic hydroxyl groups excluding tert-OH is 1. The standard InChI is InChI=1S/C23H29NO4/c25-21(18-19-10-4-3-5-11-19)16-15-20-12-7-8-13-22(26)24(20)17-9-2-1-6-14-23(27)28/h3-5,10-11,15-16,20-21,25H,1,6-8,12-14,17-18H2,(H,27,28). The molecule has 1 saturated heterocycles. The van der Waals surface area contributed by atoms with Crippen molar-refractivity contribution in [1.29, 1.82) is 0 Å². The van der Waals surface area contributed by atoms with Crippen LogP contribution in [0.1, 0.15) is 50.5 Å². The molecule has 2 atom stereocenters. The van der Waals surface area contributed by atoms with E-state index in [1.54, 1.807) is 11.0 Å². The lowest BCUT2D eigenvalue weighted by atomic mass is 10.0. The average Bonchev–Trinajstić information content (AvgIpc) is 2.85. The fourth-order valence-electron chi connectivity index (χ4n) is 3.26. The van der Waals surface area contributed by atoms with Crippen LogP contribution in [0.2, 0.25) is 0 Å². The van der Waals surface area contributed by atoms with Crippen LogP contribution in [0.15, 0.2) is 42.5 Å². The van der Waals surface area contributed by atoms with E-state index in [0.29, 0.717) is 32.2 Å². The van der Waals surface area contributed by atoms with E-state index in [1.807, 2.05) is 36.4 Å². The number of hydrogen-bond acceptors (Lipinski definition) is 3. The van der Waals surface area contributed by atoms with Gasteiger partial charge >= 0.3 is 5.97 Å². The molecule has 0 aromatic heterocycles. The number of unbranched alkanes of at least 4 members (excludes halogenated alkanes) is 1. The first-order valence-electron chi connectivity index (χ1n) is 9.93. The van der Waals surface area contributed by atoms with Crippen molar-refractivity contribution in [2.75, 3.05) is 6.54 Å². The molecule has 1 aromatic carbocycles. The maximum absolute atomic E-state index is 12.5. The van der Waals surface area contributed by atoms with Gasteiger partial charge in [-0.15, -0.1) is 5.92 Å². The summed E-state index contributed by atoms with van der Waals surface area (Å²) in [6, 6.07) is 9.76. The minimum absolute atomic E-state index is 0.0613. The number of carbonyl (C=O) groups excluding carboxylic acids is 1. The van der Waals surface area contributed by atoms with Crippen LogP contribution in [0.3, 0.4) is 0 Å². The predicted molar refractivity (Wildman–Crippen MR) is 109 cm³/mol. The van der Waals surface area contributed by atoms with Gasteiger partial charge in [0.25, 0.3) is 0 Å². The second kappa shape index (κ2) is 12.0. The Labute approximate surface area is 167 Å². The number of nitrogens with zero attached hydrogens (tertiary/aromatic N) is 1. The van der Waals surface area contributed by atoms with Crippen LogP contribution in [-0.4, -0.2) is 45.7 Å². The van der Waals surface area contributed by atoms with Crippen molar-refractivity contribution in [2.24, 2.45) is 0 Å². The number of aliphatic hydroxyl groups is 1. The number of carboxylic acids is 1. The quantitative estimate of drug-likeness (QED) is 0.411. The molecule has 28 heavy (non-hydrogen) atoms. The largest absolute Gasteiger partial charge is 0.481 e. The van der Waals surface area contributed by atoms with Gasteiger partial charge in [-0.2, -0.15) is 0 Å². The van der Waals surface area contributed by atoms with E-state index in [2.05, 4.69) is 11.8 Å². The highest BCUT2D eigenvalue weighted by molar-refractivity contribution is 5.77. The highest BCUT2D eigenvalue weighted by Gasteiger charge is 2.23. The molecule has 1 aliphatic rings. The Balaban J connectivity index is 1.93. The van der Waals surface area contributed by atoms with Crippen molar-refractivity contribution in [3.05, 3.63) is 48.0 Å². The molecule has 2 N–H and O–H groups in total. The number of carboxylic acid groups (broad SMARTS) is 1. The first kappa shape index (κ1) is 21.7.